The third-order valence-electron chi connectivity index (χ3n) is 3.83. The van der Waals surface area contributed by atoms with Crippen molar-refractivity contribution in [1.29, 1.82) is 0 Å². The number of halogens is 1. The topological polar surface area (TPSA) is 47.6 Å². The average molecular weight is 365 g/mol. The molecule has 0 aliphatic heterocycles. The highest BCUT2D eigenvalue weighted by atomic mass is 19.1. The first-order valence-corrected chi connectivity index (χ1v) is 8.56. The zero-order valence-electron chi connectivity index (χ0n) is 14.9. The Hall–Kier alpha value is -3.34. The molecule has 0 atom stereocenters. The number of hydrogen-bond acceptors (Lipinski definition) is 3. The molecule has 0 unspecified atom stereocenters. The second-order valence-electron chi connectivity index (χ2n) is 6.06. The number of hydrogen-bond donors (Lipinski definition) is 1. The van der Waals surface area contributed by atoms with Gasteiger partial charge >= 0.3 is 0 Å². The second-order valence-corrected chi connectivity index (χ2v) is 6.06. The maximum absolute atomic E-state index is 12.9. The van der Waals surface area contributed by atoms with Gasteiger partial charge in [0.15, 0.2) is 6.61 Å². The lowest BCUT2D eigenvalue weighted by Gasteiger charge is -2.14. The van der Waals surface area contributed by atoms with E-state index < -0.39 is 0 Å². The molecule has 1 amide bonds. The number of ether oxygens (including phenoxy) is 2. The van der Waals surface area contributed by atoms with Crippen molar-refractivity contribution in [3.8, 4) is 11.5 Å². The monoisotopic (exact) mass is 365 g/mol. The van der Waals surface area contributed by atoms with E-state index in [2.05, 4.69) is 5.32 Å². The molecular formula is C22H20FNO3. The van der Waals surface area contributed by atoms with Gasteiger partial charge in [0.25, 0.3) is 5.91 Å². The maximum Gasteiger partial charge on any atom is 0.262 e. The van der Waals surface area contributed by atoms with Gasteiger partial charge in [-0.1, -0.05) is 36.4 Å². The van der Waals surface area contributed by atoms with Crippen LogP contribution in [0.2, 0.25) is 0 Å². The van der Waals surface area contributed by atoms with Crippen LogP contribution in [0.1, 0.15) is 11.1 Å². The highest BCUT2D eigenvalue weighted by Gasteiger charge is 2.10. The second kappa shape index (κ2) is 8.85. The number of aryl methyl sites for hydroxylation is 1. The van der Waals surface area contributed by atoms with Crippen LogP contribution in [-0.4, -0.2) is 12.5 Å². The lowest BCUT2D eigenvalue weighted by atomic mass is 10.2. The van der Waals surface area contributed by atoms with Crippen molar-refractivity contribution < 1.29 is 18.7 Å². The molecular weight excluding hydrogens is 345 g/mol. The Morgan fingerprint density at radius 1 is 0.963 bits per heavy atom. The predicted octanol–water partition coefficient (Wildman–Crippen LogP) is 4.73. The molecule has 3 aromatic rings. The van der Waals surface area contributed by atoms with Crippen LogP contribution in [0.3, 0.4) is 0 Å². The Labute approximate surface area is 157 Å². The number of benzene rings is 3. The molecule has 0 bridgehead atoms. The molecule has 1 N–H and O–H groups in total. The van der Waals surface area contributed by atoms with E-state index in [1.165, 1.54) is 24.3 Å². The summed E-state index contributed by atoms with van der Waals surface area (Å²) in [6.07, 6.45) is 0. The summed E-state index contributed by atoms with van der Waals surface area (Å²) < 4.78 is 24.1. The number of nitrogens with one attached hydrogen (secondary N) is 1. The van der Waals surface area contributed by atoms with E-state index in [1.54, 1.807) is 6.07 Å². The van der Waals surface area contributed by atoms with E-state index in [4.69, 9.17) is 9.47 Å². The van der Waals surface area contributed by atoms with Crippen LogP contribution < -0.4 is 14.8 Å². The zero-order chi connectivity index (χ0) is 19.1. The molecule has 27 heavy (non-hydrogen) atoms. The van der Waals surface area contributed by atoms with Gasteiger partial charge in [-0.05, 0) is 54.4 Å². The first-order valence-electron chi connectivity index (χ1n) is 8.56. The molecule has 0 spiro atoms. The van der Waals surface area contributed by atoms with Gasteiger partial charge in [-0.3, -0.25) is 4.79 Å². The van der Waals surface area contributed by atoms with Crippen LogP contribution in [-0.2, 0) is 11.4 Å². The lowest BCUT2D eigenvalue weighted by molar-refractivity contribution is -0.118. The van der Waals surface area contributed by atoms with Crippen LogP contribution in [0.4, 0.5) is 10.1 Å². The fourth-order valence-electron chi connectivity index (χ4n) is 2.45. The molecule has 138 valence electrons. The van der Waals surface area contributed by atoms with Crippen molar-refractivity contribution in [2.45, 2.75) is 13.5 Å². The molecule has 0 fully saturated rings. The van der Waals surface area contributed by atoms with E-state index in [9.17, 15) is 9.18 Å². The minimum absolute atomic E-state index is 0.183. The minimum Gasteiger partial charge on any atom is -0.487 e. The van der Waals surface area contributed by atoms with Crippen molar-refractivity contribution in [1.82, 2.24) is 0 Å². The third-order valence-corrected chi connectivity index (χ3v) is 3.83. The molecule has 0 heterocycles. The van der Waals surface area contributed by atoms with Gasteiger partial charge in [0.1, 0.15) is 23.9 Å². The first-order chi connectivity index (χ1) is 13.1. The van der Waals surface area contributed by atoms with Crippen molar-refractivity contribution in [3.05, 3.63) is 89.7 Å². The van der Waals surface area contributed by atoms with Crippen LogP contribution in [0.5, 0.6) is 11.5 Å². The quantitative estimate of drug-likeness (QED) is 0.658. The molecule has 0 saturated heterocycles. The predicted molar refractivity (Wildman–Crippen MR) is 102 cm³/mol. The molecule has 3 rings (SSSR count). The zero-order valence-corrected chi connectivity index (χ0v) is 14.9. The Kier molecular flexibility index (Phi) is 6.05. The van der Waals surface area contributed by atoms with E-state index >= 15 is 0 Å². The average Bonchev–Trinajstić information content (AvgIpc) is 2.68. The number of carbonyl (C=O) groups is 1. The van der Waals surface area contributed by atoms with Crippen LogP contribution in [0.25, 0.3) is 0 Å². The van der Waals surface area contributed by atoms with Crippen LogP contribution in [0.15, 0.2) is 72.8 Å². The highest BCUT2D eigenvalue weighted by molar-refractivity contribution is 5.93. The van der Waals surface area contributed by atoms with E-state index in [1.807, 2.05) is 49.4 Å². The molecule has 3 aromatic carbocycles. The fraction of sp³-hybridized carbons (Fsp3) is 0.136. The van der Waals surface area contributed by atoms with Gasteiger partial charge in [0.05, 0.1) is 5.69 Å². The van der Waals surface area contributed by atoms with Gasteiger partial charge in [0.2, 0.25) is 0 Å². The number of anilines is 1. The summed E-state index contributed by atoms with van der Waals surface area (Å²) in [6.45, 7) is 2.18. The van der Waals surface area contributed by atoms with E-state index in [0.717, 1.165) is 11.1 Å². The molecule has 0 radical (unpaired) electrons. The summed E-state index contributed by atoms with van der Waals surface area (Å²) in [4.78, 5) is 12.2. The third kappa shape index (κ3) is 5.57. The fourth-order valence-corrected chi connectivity index (χ4v) is 2.45. The summed E-state index contributed by atoms with van der Waals surface area (Å²) in [5, 5.41) is 2.79. The van der Waals surface area contributed by atoms with Crippen molar-refractivity contribution in [2.75, 3.05) is 11.9 Å². The van der Waals surface area contributed by atoms with Crippen LogP contribution in [0, 0.1) is 12.7 Å². The molecule has 0 aromatic heterocycles. The smallest absolute Gasteiger partial charge is 0.262 e. The Bertz CT molecular complexity index is 895. The maximum atomic E-state index is 12.9. The minimum atomic E-state index is -0.355. The number of carbonyl (C=O) groups excluding carboxylic acids is 1. The largest absolute Gasteiger partial charge is 0.487 e. The Balaban J connectivity index is 1.61. The number of amides is 1. The Morgan fingerprint density at radius 3 is 2.44 bits per heavy atom. The molecule has 4 nitrogen and oxygen atoms in total. The van der Waals surface area contributed by atoms with Gasteiger partial charge in [-0.2, -0.15) is 0 Å². The molecule has 0 aliphatic carbocycles. The van der Waals surface area contributed by atoms with Crippen molar-refractivity contribution in [3.63, 3.8) is 0 Å². The van der Waals surface area contributed by atoms with Crippen LogP contribution >= 0.6 is 0 Å². The van der Waals surface area contributed by atoms with Gasteiger partial charge in [-0.25, -0.2) is 4.39 Å². The SMILES string of the molecule is Cc1ccc(NC(=O)COc2ccc(F)cc2)c(OCc2ccccc2)c1. The first kappa shape index (κ1) is 18.5. The lowest BCUT2D eigenvalue weighted by Crippen LogP contribution is -2.20. The van der Waals surface area contributed by atoms with Crippen molar-refractivity contribution >= 4 is 11.6 Å². The van der Waals surface area contributed by atoms with Gasteiger partial charge in [0, 0.05) is 0 Å². The van der Waals surface area contributed by atoms with Gasteiger partial charge in [-0.15, -0.1) is 0 Å². The standard InChI is InChI=1S/C22H20FNO3/c1-16-7-12-20(21(13-16)27-14-17-5-3-2-4-6-17)24-22(25)15-26-19-10-8-18(23)9-11-19/h2-13H,14-15H2,1H3,(H,24,25). The Morgan fingerprint density at radius 2 is 1.70 bits per heavy atom. The summed E-state index contributed by atoms with van der Waals surface area (Å²) >= 11 is 0. The molecule has 0 aliphatic rings. The van der Waals surface area contributed by atoms with E-state index in [-0.39, 0.29) is 18.3 Å². The molecule has 5 heteroatoms. The summed E-state index contributed by atoms with van der Waals surface area (Å²) in [5.41, 5.74) is 2.64. The van der Waals surface area contributed by atoms with Crippen molar-refractivity contribution in [2.24, 2.45) is 0 Å². The number of rotatable bonds is 7. The molecule has 0 saturated carbocycles. The summed E-state index contributed by atoms with van der Waals surface area (Å²) in [6, 6.07) is 20.9. The highest BCUT2D eigenvalue weighted by Crippen LogP contribution is 2.26. The normalized spacial score (nSPS) is 10.3. The summed E-state index contributed by atoms with van der Waals surface area (Å²) in [7, 11) is 0. The summed E-state index contributed by atoms with van der Waals surface area (Å²) in [5.74, 6) is 0.337. The van der Waals surface area contributed by atoms with E-state index in [0.29, 0.717) is 23.8 Å². The van der Waals surface area contributed by atoms with Gasteiger partial charge < -0.3 is 14.8 Å².